The maximum Gasteiger partial charge on any atom is 0.303 e. The Labute approximate surface area is 254 Å². The molecule has 2 amide bonds. The van der Waals surface area contributed by atoms with Crippen molar-refractivity contribution in [3.63, 3.8) is 0 Å². The van der Waals surface area contributed by atoms with E-state index in [4.69, 9.17) is 24.7 Å². The van der Waals surface area contributed by atoms with Crippen LogP contribution in [-0.2, 0) is 33.3 Å². The van der Waals surface area contributed by atoms with Crippen LogP contribution in [0, 0.1) is 5.92 Å². The highest BCUT2D eigenvalue weighted by Gasteiger charge is 2.58. The summed E-state index contributed by atoms with van der Waals surface area (Å²) in [5.41, 5.74) is 6.19. The lowest BCUT2D eigenvalue weighted by atomic mass is 9.86. The molecule has 43 heavy (non-hydrogen) atoms. The number of nitrogens with one attached hydrogen (secondary N) is 2. The van der Waals surface area contributed by atoms with E-state index < -0.39 is 29.9 Å². The predicted molar refractivity (Wildman–Crippen MR) is 160 cm³/mol. The summed E-state index contributed by atoms with van der Waals surface area (Å²) < 4.78 is 23.1. The van der Waals surface area contributed by atoms with Crippen molar-refractivity contribution in [2.75, 3.05) is 6.61 Å². The number of rotatable bonds is 11. The molecule has 0 aromatic heterocycles. The normalized spacial score (nSPS) is 38.5. The van der Waals surface area contributed by atoms with Gasteiger partial charge in [0, 0.05) is 31.5 Å². The number of aliphatic hydroxyl groups is 1. The summed E-state index contributed by atoms with van der Waals surface area (Å²) in [6.07, 6.45) is 10.3. The average molecular weight is 604 g/mol. The van der Waals surface area contributed by atoms with E-state index in [-0.39, 0.29) is 60.6 Å². The van der Waals surface area contributed by atoms with Crippen LogP contribution >= 0.6 is 0 Å². The van der Waals surface area contributed by atoms with Gasteiger partial charge in [0.05, 0.1) is 37.4 Å². The van der Waals surface area contributed by atoms with Gasteiger partial charge in [-0.15, -0.1) is 0 Å². The monoisotopic (exact) mass is 603 g/mol. The molecule has 0 radical (unpaired) electrons. The van der Waals surface area contributed by atoms with Gasteiger partial charge in [0.1, 0.15) is 23.9 Å². The SMILES string of the molecule is CC(=O)OC(C)C=CC(=O)N[C@@H]1C[C@H](C)[C@H](C/C=C(C)/C=C/[C@H]2O[C@H](CC(=O)NC3CC(N)C3)C[C@@]3(CO3)[C@@H]2O)O[C@@H]1C. The Morgan fingerprint density at radius 3 is 2.49 bits per heavy atom. The zero-order valence-electron chi connectivity index (χ0n) is 26.0. The molecule has 5 N–H and O–H groups in total. The molecule has 9 atom stereocenters. The van der Waals surface area contributed by atoms with Crippen LogP contribution in [0.25, 0.3) is 0 Å². The van der Waals surface area contributed by atoms with Gasteiger partial charge < -0.3 is 40.4 Å². The van der Waals surface area contributed by atoms with Crippen LogP contribution in [0.1, 0.15) is 73.1 Å². The highest BCUT2D eigenvalue weighted by Crippen LogP contribution is 2.43. The van der Waals surface area contributed by atoms with Gasteiger partial charge in [-0.25, -0.2) is 0 Å². The molecule has 3 aliphatic heterocycles. The molecule has 4 rings (SSSR count). The van der Waals surface area contributed by atoms with Crippen LogP contribution in [0.4, 0.5) is 0 Å². The molecule has 4 fully saturated rings. The third-order valence-corrected chi connectivity index (χ3v) is 8.88. The molecule has 1 unspecified atom stereocenters. The van der Waals surface area contributed by atoms with Crippen molar-refractivity contribution in [2.24, 2.45) is 11.7 Å². The molecule has 3 heterocycles. The molecule has 240 valence electrons. The molecular formula is C32H49N3O8. The van der Waals surface area contributed by atoms with E-state index in [1.165, 1.54) is 13.0 Å². The van der Waals surface area contributed by atoms with Crippen molar-refractivity contribution in [1.82, 2.24) is 10.6 Å². The lowest BCUT2D eigenvalue weighted by molar-refractivity contribution is -0.146. The standard InChI is InChI=1S/C32H49N3O8/c1-18(6-9-27-19(2)12-26(21(4)42-27)35-29(37)11-8-20(3)41-22(5)36)7-10-28-31(39)32(17-40-32)16-25(43-28)15-30(38)34-24-13-23(33)14-24/h6-8,10-11,19-21,23-28,31,39H,9,12-17,33H2,1-5H3,(H,34,38)(H,35,37)/b10-7+,11-8?,18-6+/t19-,20?,21+,23?,24?,25+,26+,27-,28+,31+,32+/m0/s1. The molecule has 1 saturated carbocycles. The fourth-order valence-corrected chi connectivity index (χ4v) is 6.16. The first-order valence-corrected chi connectivity index (χ1v) is 15.5. The van der Waals surface area contributed by atoms with Gasteiger partial charge in [0.15, 0.2) is 0 Å². The number of ether oxygens (including phenoxy) is 4. The number of epoxide rings is 1. The van der Waals surface area contributed by atoms with Gasteiger partial charge >= 0.3 is 5.97 Å². The Bertz CT molecular complexity index is 1100. The zero-order valence-corrected chi connectivity index (χ0v) is 26.0. The average Bonchev–Trinajstić information content (AvgIpc) is 3.68. The van der Waals surface area contributed by atoms with Crippen molar-refractivity contribution in [3.8, 4) is 0 Å². The topological polar surface area (TPSA) is 162 Å². The Morgan fingerprint density at radius 1 is 1.12 bits per heavy atom. The first-order valence-electron chi connectivity index (χ1n) is 15.5. The molecule has 1 aliphatic carbocycles. The van der Waals surface area contributed by atoms with Gasteiger partial charge in [-0.1, -0.05) is 30.7 Å². The number of hydrogen-bond acceptors (Lipinski definition) is 9. The molecule has 4 aliphatic rings. The van der Waals surface area contributed by atoms with Crippen LogP contribution in [0.15, 0.2) is 36.0 Å². The maximum atomic E-state index is 12.5. The van der Waals surface area contributed by atoms with E-state index in [1.54, 1.807) is 13.0 Å². The zero-order chi connectivity index (χ0) is 31.3. The molecule has 3 saturated heterocycles. The minimum Gasteiger partial charge on any atom is -0.459 e. The van der Waals surface area contributed by atoms with Gasteiger partial charge in [-0.05, 0) is 58.4 Å². The summed E-state index contributed by atoms with van der Waals surface area (Å²) in [6, 6.07) is 0.182. The summed E-state index contributed by atoms with van der Waals surface area (Å²) in [5.74, 6) is -0.484. The Morgan fingerprint density at radius 2 is 1.84 bits per heavy atom. The molecule has 0 aromatic carbocycles. The van der Waals surface area contributed by atoms with Gasteiger partial charge in [0.25, 0.3) is 0 Å². The van der Waals surface area contributed by atoms with Crippen molar-refractivity contribution in [2.45, 2.75) is 133 Å². The predicted octanol–water partition coefficient (Wildman–Crippen LogP) is 1.97. The number of hydrogen-bond donors (Lipinski definition) is 4. The largest absolute Gasteiger partial charge is 0.459 e. The summed E-state index contributed by atoms with van der Waals surface area (Å²) >= 11 is 0. The summed E-state index contributed by atoms with van der Waals surface area (Å²) in [5, 5.41) is 16.9. The highest BCUT2D eigenvalue weighted by atomic mass is 16.6. The van der Waals surface area contributed by atoms with E-state index in [0.29, 0.717) is 19.4 Å². The molecule has 11 heteroatoms. The Kier molecular flexibility index (Phi) is 11.2. The second-order valence-corrected chi connectivity index (χ2v) is 12.8. The van der Waals surface area contributed by atoms with Crippen molar-refractivity contribution < 1.29 is 38.4 Å². The number of amides is 2. The van der Waals surface area contributed by atoms with Gasteiger partial charge in [0.2, 0.25) is 11.8 Å². The third-order valence-electron chi connectivity index (χ3n) is 8.88. The minimum atomic E-state index is -0.796. The van der Waals surface area contributed by atoms with Crippen molar-refractivity contribution in [3.05, 3.63) is 36.0 Å². The van der Waals surface area contributed by atoms with Crippen molar-refractivity contribution in [1.29, 1.82) is 0 Å². The highest BCUT2D eigenvalue weighted by molar-refractivity contribution is 5.87. The fraction of sp³-hybridized carbons (Fsp3) is 0.719. The van der Waals surface area contributed by atoms with E-state index in [2.05, 4.69) is 23.6 Å². The van der Waals surface area contributed by atoms with Crippen molar-refractivity contribution >= 4 is 17.8 Å². The van der Waals surface area contributed by atoms with E-state index >= 15 is 0 Å². The van der Waals surface area contributed by atoms with Crippen LogP contribution in [-0.4, -0.2) is 89.8 Å². The summed E-state index contributed by atoms with van der Waals surface area (Å²) in [6.45, 7) is 9.56. The number of allylic oxidation sites excluding steroid dienone is 2. The van der Waals surface area contributed by atoms with E-state index in [9.17, 15) is 19.5 Å². The first kappa shape index (κ1) is 33.3. The quantitative estimate of drug-likeness (QED) is 0.120. The number of carbonyl (C=O) groups excluding carboxylic acids is 3. The number of nitrogens with two attached hydrogens (primary N) is 1. The summed E-state index contributed by atoms with van der Waals surface area (Å²) in [7, 11) is 0. The van der Waals surface area contributed by atoms with Crippen LogP contribution in [0.2, 0.25) is 0 Å². The smallest absolute Gasteiger partial charge is 0.303 e. The third kappa shape index (κ3) is 9.46. The van der Waals surface area contributed by atoms with Crippen LogP contribution < -0.4 is 16.4 Å². The fourth-order valence-electron chi connectivity index (χ4n) is 6.16. The lowest BCUT2D eigenvalue weighted by Crippen LogP contribution is -2.53. The second kappa shape index (κ2) is 14.5. The molecule has 0 aromatic rings. The van der Waals surface area contributed by atoms with Crippen LogP contribution in [0.5, 0.6) is 0 Å². The Hall–Kier alpha value is -2.57. The molecular weight excluding hydrogens is 554 g/mol. The molecule has 11 nitrogen and oxygen atoms in total. The Balaban J connectivity index is 1.24. The minimum absolute atomic E-state index is 0.00111. The number of aliphatic hydroxyl groups excluding tert-OH is 1. The molecule has 0 bridgehead atoms. The number of carbonyl (C=O) groups is 3. The van der Waals surface area contributed by atoms with Gasteiger partial charge in [-0.2, -0.15) is 0 Å². The number of esters is 1. The second-order valence-electron chi connectivity index (χ2n) is 12.8. The van der Waals surface area contributed by atoms with Gasteiger partial charge in [-0.3, -0.25) is 14.4 Å². The maximum absolute atomic E-state index is 12.5. The van der Waals surface area contributed by atoms with E-state index in [1.807, 2.05) is 26.0 Å². The molecule has 1 spiro atoms. The lowest BCUT2D eigenvalue weighted by Gasteiger charge is -2.39. The first-order chi connectivity index (χ1) is 20.3. The summed E-state index contributed by atoms with van der Waals surface area (Å²) in [4.78, 5) is 36.0. The van der Waals surface area contributed by atoms with E-state index in [0.717, 1.165) is 24.8 Å². The van der Waals surface area contributed by atoms with Crippen LogP contribution in [0.3, 0.4) is 0 Å².